The normalized spacial score (nSPS) is 10.2. The fourth-order valence-corrected chi connectivity index (χ4v) is 1.88. The van der Waals surface area contributed by atoms with Crippen LogP contribution in [0.4, 0.5) is 0 Å². The molecule has 0 N–H and O–H groups in total. The van der Waals surface area contributed by atoms with Gasteiger partial charge >= 0.3 is 0 Å². The number of aryl methyl sites for hydroxylation is 1. The zero-order chi connectivity index (χ0) is 13.1. The number of ether oxygens (including phenoxy) is 1. The Hall–Kier alpha value is -2.16. The molecule has 0 aliphatic rings. The van der Waals surface area contributed by atoms with Gasteiger partial charge < -0.3 is 4.74 Å². The lowest BCUT2D eigenvalue weighted by Crippen LogP contribution is -2.06. The predicted octanol–water partition coefficient (Wildman–Crippen LogP) is 2.94. The van der Waals surface area contributed by atoms with E-state index in [1.807, 2.05) is 19.9 Å². The van der Waals surface area contributed by atoms with Crippen LogP contribution in [0.1, 0.15) is 27.0 Å². The zero-order valence-electron chi connectivity index (χ0n) is 10.7. The number of nitrogens with zero attached hydrogens (tertiary/aromatic N) is 1. The summed E-state index contributed by atoms with van der Waals surface area (Å²) in [5.41, 5.74) is 3.24. The van der Waals surface area contributed by atoms with Gasteiger partial charge in [-0.15, -0.1) is 0 Å². The van der Waals surface area contributed by atoms with E-state index in [9.17, 15) is 4.79 Å². The molecule has 3 heteroatoms. The average Bonchev–Trinajstić information content (AvgIpc) is 2.42. The van der Waals surface area contributed by atoms with Gasteiger partial charge in [-0.1, -0.05) is 6.07 Å². The molecule has 0 saturated heterocycles. The van der Waals surface area contributed by atoms with Crippen molar-refractivity contribution in [3.8, 4) is 5.75 Å². The summed E-state index contributed by atoms with van der Waals surface area (Å²) in [6, 6.07) is 7.24. The van der Waals surface area contributed by atoms with Gasteiger partial charge in [0, 0.05) is 18.0 Å². The van der Waals surface area contributed by atoms with E-state index >= 15 is 0 Å². The van der Waals surface area contributed by atoms with Crippen LogP contribution in [0.15, 0.2) is 36.7 Å². The van der Waals surface area contributed by atoms with Crippen LogP contribution in [0.5, 0.6) is 5.75 Å². The van der Waals surface area contributed by atoms with E-state index in [1.165, 1.54) is 0 Å². The number of methoxy groups -OCH3 is 1. The van der Waals surface area contributed by atoms with E-state index in [2.05, 4.69) is 4.98 Å². The van der Waals surface area contributed by atoms with Crippen LogP contribution in [0.25, 0.3) is 0 Å². The number of hydrogen-bond donors (Lipinski definition) is 0. The molecule has 92 valence electrons. The maximum Gasteiger partial charge on any atom is 0.198 e. The lowest BCUT2D eigenvalue weighted by molar-refractivity contribution is 0.103. The lowest BCUT2D eigenvalue weighted by atomic mass is 9.98. The summed E-state index contributed by atoms with van der Waals surface area (Å²) in [7, 11) is 1.59. The van der Waals surface area contributed by atoms with Gasteiger partial charge in [-0.2, -0.15) is 0 Å². The maximum atomic E-state index is 12.4. The molecule has 2 aromatic rings. The number of benzene rings is 1. The monoisotopic (exact) mass is 241 g/mol. The third-order valence-electron chi connectivity index (χ3n) is 3.05. The van der Waals surface area contributed by atoms with E-state index in [4.69, 9.17) is 4.74 Å². The van der Waals surface area contributed by atoms with Crippen molar-refractivity contribution in [3.05, 3.63) is 58.9 Å². The molecule has 1 heterocycles. The Morgan fingerprint density at radius 1 is 1.22 bits per heavy atom. The third kappa shape index (κ3) is 2.12. The Kier molecular flexibility index (Phi) is 3.42. The van der Waals surface area contributed by atoms with Crippen molar-refractivity contribution < 1.29 is 9.53 Å². The molecule has 0 aliphatic carbocycles. The summed E-state index contributed by atoms with van der Waals surface area (Å²) in [6.45, 7) is 3.95. The molecular formula is C15H15NO2. The topological polar surface area (TPSA) is 39.2 Å². The van der Waals surface area contributed by atoms with Gasteiger partial charge in [0.2, 0.25) is 0 Å². The number of hydrogen-bond acceptors (Lipinski definition) is 3. The highest BCUT2D eigenvalue weighted by molar-refractivity contribution is 6.10. The van der Waals surface area contributed by atoms with Crippen LogP contribution in [0.3, 0.4) is 0 Å². The Morgan fingerprint density at radius 2 is 2.00 bits per heavy atom. The summed E-state index contributed by atoms with van der Waals surface area (Å²) >= 11 is 0. The molecule has 0 saturated carbocycles. The summed E-state index contributed by atoms with van der Waals surface area (Å²) in [4.78, 5) is 16.3. The summed E-state index contributed by atoms with van der Waals surface area (Å²) in [5, 5.41) is 0. The number of ketones is 1. The van der Waals surface area contributed by atoms with E-state index in [0.717, 1.165) is 11.1 Å². The number of pyridine rings is 1. The number of aromatic nitrogens is 1. The van der Waals surface area contributed by atoms with Crippen LogP contribution >= 0.6 is 0 Å². The molecule has 0 atom stereocenters. The van der Waals surface area contributed by atoms with E-state index in [-0.39, 0.29) is 5.78 Å². The van der Waals surface area contributed by atoms with Crippen molar-refractivity contribution in [2.24, 2.45) is 0 Å². The molecule has 1 aromatic carbocycles. The van der Waals surface area contributed by atoms with Crippen molar-refractivity contribution in [2.45, 2.75) is 13.8 Å². The molecule has 0 unspecified atom stereocenters. The van der Waals surface area contributed by atoms with Crippen LogP contribution in [0.2, 0.25) is 0 Å². The van der Waals surface area contributed by atoms with Crippen LogP contribution in [-0.2, 0) is 0 Å². The fourth-order valence-electron chi connectivity index (χ4n) is 1.88. The quantitative estimate of drug-likeness (QED) is 0.775. The first-order valence-electron chi connectivity index (χ1n) is 5.74. The van der Waals surface area contributed by atoms with E-state index in [0.29, 0.717) is 16.9 Å². The van der Waals surface area contributed by atoms with E-state index in [1.54, 1.807) is 37.7 Å². The Bertz CT molecular complexity index is 577. The maximum absolute atomic E-state index is 12.4. The standard InChI is InChI=1S/C15H15NO2/c1-10-6-7-13(15(18-3)11(10)2)14(17)12-5-4-8-16-9-12/h4-9H,1-3H3. The Morgan fingerprint density at radius 3 is 2.61 bits per heavy atom. The Balaban J connectivity index is 2.52. The molecule has 2 rings (SSSR count). The SMILES string of the molecule is COc1c(C(=O)c2cccnc2)ccc(C)c1C. The Labute approximate surface area is 106 Å². The van der Waals surface area contributed by atoms with Gasteiger partial charge in [0.05, 0.1) is 12.7 Å². The average molecular weight is 241 g/mol. The first kappa shape index (κ1) is 12.3. The second-order valence-electron chi connectivity index (χ2n) is 4.16. The molecule has 0 bridgehead atoms. The van der Waals surface area contributed by atoms with Crippen LogP contribution in [0, 0.1) is 13.8 Å². The molecule has 0 amide bonds. The van der Waals surface area contributed by atoms with Crippen molar-refractivity contribution in [1.82, 2.24) is 4.98 Å². The van der Waals surface area contributed by atoms with Crippen molar-refractivity contribution >= 4 is 5.78 Å². The molecule has 1 aromatic heterocycles. The minimum atomic E-state index is -0.0666. The van der Waals surface area contributed by atoms with Gasteiger partial charge in [-0.05, 0) is 43.2 Å². The molecule has 0 aliphatic heterocycles. The van der Waals surface area contributed by atoms with Gasteiger partial charge in [0.25, 0.3) is 0 Å². The predicted molar refractivity (Wildman–Crippen MR) is 70.1 cm³/mol. The van der Waals surface area contributed by atoms with Gasteiger partial charge in [-0.25, -0.2) is 0 Å². The van der Waals surface area contributed by atoms with Crippen molar-refractivity contribution in [1.29, 1.82) is 0 Å². The molecular weight excluding hydrogens is 226 g/mol. The molecule has 3 nitrogen and oxygen atoms in total. The zero-order valence-corrected chi connectivity index (χ0v) is 10.7. The first-order chi connectivity index (χ1) is 8.65. The van der Waals surface area contributed by atoms with Crippen LogP contribution in [-0.4, -0.2) is 17.9 Å². The highest BCUT2D eigenvalue weighted by Gasteiger charge is 2.16. The first-order valence-corrected chi connectivity index (χ1v) is 5.74. The molecule has 0 radical (unpaired) electrons. The number of rotatable bonds is 3. The van der Waals surface area contributed by atoms with Crippen LogP contribution < -0.4 is 4.74 Å². The van der Waals surface area contributed by atoms with Crippen molar-refractivity contribution in [3.63, 3.8) is 0 Å². The van der Waals surface area contributed by atoms with E-state index < -0.39 is 0 Å². The highest BCUT2D eigenvalue weighted by atomic mass is 16.5. The largest absolute Gasteiger partial charge is 0.496 e. The number of carbonyl (C=O) groups is 1. The van der Waals surface area contributed by atoms with Gasteiger partial charge in [0.15, 0.2) is 5.78 Å². The molecule has 18 heavy (non-hydrogen) atoms. The molecule has 0 fully saturated rings. The lowest BCUT2D eigenvalue weighted by Gasteiger charge is -2.12. The second-order valence-corrected chi connectivity index (χ2v) is 4.16. The third-order valence-corrected chi connectivity index (χ3v) is 3.05. The second kappa shape index (κ2) is 5.00. The van der Waals surface area contributed by atoms with Gasteiger partial charge in [-0.3, -0.25) is 9.78 Å². The summed E-state index contributed by atoms with van der Waals surface area (Å²) in [5.74, 6) is 0.576. The minimum Gasteiger partial charge on any atom is -0.496 e. The summed E-state index contributed by atoms with van der Waals surface area (Å²) in [6.07, 6.45) is 3.21. The smallest absolute Gasteiger partial charge is 0.198 e. The fraction of sp³-hybridized carbons (Fsp3) is 0.200. The minimum absolute atomic E-state index is 0.0666. The molecule has 0 spiro atoms. The van der Waals surface area contributed by atoms with Gasteiger partial charge in [0.1, 0.15) is 5.75 Å². The highest BCUT2D eigenvalue weighted by Crippen LogP contribution is 2.27. The summed E-state index contributed by atoms with van der Waals surface area (Å²) < 4.78 is 5.36. The van der Waals surface area contributed by atoms with Crippen molar-refractivity contribution in [2.75, 3.05) is 7.11 Å². The number of carbonyl (C=O) groups excluding carboxylic acids is 1.